The van der Waals surface area contributed by atoms with Crippen molar-refractivity contribution in [2.45, 2.75) is 25.6 Å². The van der Waals surface area contributed by atoms with Gasteiger partial charge < -0.3 is 10.1 Å². The van der Waals surface area contributed by atoms with Crippen LogP contribution in [0.1, 0.15) is 18.9 Å². The summed E-state index contributed by atoms with van der Waals surface area (Å²) >= 11 is 5.53. The van der Waals surface area contributed by atoms with Gasteiger partial charge in [0.2, 0.25) is 0 Å². The van der Waals surface area contributed by atoms with Crippen molar-refractivity contribution in [2.24, 2.45) is 0 Å². The van der Waals surface area contributed by atoms with Gasteiger partial charge in [-0.3, -0.25) is 4.79 Å². The van der Waals surface area contributed by atoms with Crippen LogP contribution in [0.4, 0.5) is 23.2 Å². The minimum atomic E-state index is -4.65. The molecule has 1 atom stereocenters. The maximum atomic E-state index is 13.6. The Morgan fingerprint density at radius 1 is 1.24 bits per heavy atom. The molecule has 0 fully saturated rings. The highest BCUT2D eigenvalue weighted by Gasteiger charge is 2.33. The fourth-order valence-electron chi connectivity index (χ4n) is 2.06. The second-order valence-electron chi connectivity index (χ2n) is 5.13. The van der Waals surface area contributed by atoms with Crippen LogP contribution in [0.15, 0.2) is 42.5 Å². The summed E-state index contributed by atoms with van der Waals surface area (Å²) in [6, 6.07) is 8.55. The highest BCUT2D eigenvalue weighted by molar-refractivity contribution is 6.31. The molecule has 0 aliphatic carbocycles. The fraction of sp³-hybridized carbons (Fsp3) is 0.235. The molecule has 0 heterocycles. The van der Waals surface area contributed by atoms with Crippen molar-refractivity contribution >= 4 is 23.2 Å². The van der Waals surface area contributed by atoms with E-state index in [-0.39, 0.29) is 17.9 Å². The quantitative estimate of drug-likeness (QED) is 0.721. The number of amides is 1. The first-order chi connectivity index (χ1) is 11.7. The lowest BCUT2D eigenvalue weighted by Gasteiger charge is -2.18. The molecule has 0 unspecified atom stereocenters. The maximum Gasteiger partial charge on any atom is 0.417 e. The van der Waals surface area contributed by atoms with E-state index in [0.717, 1.165) is 12.1 Å². The average molecular weight is 376 g/mol. The summed E-state index contributed by atoms with van der Waals surface area (Å²) in [7, 11) is 0. The Kier molecular flexibility index (Phi) is 5.89. The van der Waals surface area contributed by atoms with Crippen LogP contribution in [0.25, 0.3) is 0 Å². The normalized spacial score (nSPS) is 12.6. The minimum Gasteiger partial charge on any atom is -0.478 e. The first-order valence-corrected chi connectivity index (χ1v) is 7.69. The predicted octanol–water partition coefficient (Wildman–Crippen LogP) is 5.29. The van der Waals surface area contributed by atoms with Gasteiger partial charge in [0.15, 0.2) is 17.7 Å². The molecule has 134 valence electrons. The molecular formula is C17H14ClF4NO2. The van der Waals surface area contributed by atoms with E-state index in [0.29, 0.717) is 0 Å². The van der Waals surface area contributed by atoms with E-state index in [2.05, 4.69) is 5.32 Å². The number of ether oxygens (including phenoxy) is 1. The molecule has 3 nitrogen and oxygen atoms in total. The van der Waals surface area contributed by atoms with Gasteiger partial charge in [-0.05, 0) is 36.8 Å². The molecule has 0 bridgehead atoms. The number of nitrogens with one attached hydrogen (secondary N) is 1. The molecule has 0 aliphatic rings. The van der Waals surface area contributed by atoms with Gasteiger partial charge >= 0.3 is 6.18 Å². The van der Waals surface area contributed by atoms with E-state index < -0.39 is 34.6 Å². The Morgan fingerprint density at radius 3 is 2.52 bits per heavy atom. The Hall–Kier alpha value is -2.28. The number of alkyl halides is 3. The van der Waals surface area contributed by atoms with Gasteiger partial charge in [-0.1, -0.05) is 30.7 Å². The summed E-state index contributed by atoms with van der Waals surface area (Å²) in [5, 5.41) is 1.86. The second kappa shape index (κ2) is 7.74. The molecule has 0 aromatic heterocycles. The zero-order valence-corrected chi connectivity index (χ0v) is 13.8. The highest BCUT2D eigenvalue weighted by Crippen LogP contribution is 2.36. The van der Waals surface area contributed by atoms with Gasteiger partial charge in [-0.25, -0.2) is 4.39 Å². The molecule has 25 heavy (non-hydrogen) atoms. The summed E-state index contributed by atoms with van der Waals surface area (Å²) in [5.74, 6) is -1.45. The van der Waals surface area contributed by atoms with E-state index in [9.17, 15) is 22.4 Å². The van der Waals surface area contributed by atoms with Crippen LogP contribution in [-0.4, -0.2) is 12.0 Å². The summed E-state index contributed by atoms with van der Waals surface area (Å²) in [6.45, 7) is 1.63. The largest absolute Gasteiger partial charge is 0.478 e. The van der Waals surface area contributed by atoms with E-state index in [1.54, 1.807) is 6.92 Å². The molecule has 8 heteroatoms. The topological polar surface area (TPSA) is 38.3 Å². The lowest BCUT2D eigenvalue weighted by molar-refractivity contribution is -0.137. The number of hydrogen-bond donors (Lipinski definition) is 1. The number of hydrogen-bond acceptors (Lipinski definition) is 2. The number of carbonyl (C=O) groups excluding carboxylic acids is 1. The number of para-hydroxylation sites is 1. The van der Waals surface area contributed by atoms with Crippen molar-refractivity contribution < 1.29 is 27.1 Å². The van der Waals surface area contributed by atoms with Crippen LogP contribution in [0.3, 0.4) is 0 Å². The average Bonchev–Trinajstić information content (AvgIpc) is 2.54. The van der Waals surface area contributed by atoms with Gasteiger partial charge in [-0.15, -0.1) is 0 Å². The summed E-state index contributed by atoms with van der Waals surface area (Å²) < 4.78 is 57.5. The van der Waals surface area contributed by atoms with Gasteiger partial charge in [-0.2, -0.15) is 13.2 Å². The molecule has 0 saturated carbocycles. The molecule has 2 aromatic carbocycles. The lowest BCUT2D eigenvalue weighted by atomic mass is 10.1. The number of carbonyl (C=O) groups is 1. The second-order valence-corrected chi connectivity index (χ2v) is 5.53. The van der Waals surface area contributed by atoms with Gasteiger partial charge in [0.25, 0.3) is 5.91 Å². The third-order valence-corrected chi connectivity index (χ3v) is 3.64. The molecule has 2 rings (SSSR count). The van der Waals surface area contributed by atoms with Crippen molar-refractivity contribution in [1.29, 1.82) is 0 Å². The number of rotatable bonds is 5. The van der Waals surface area contributed by atoms with Gasteiger partial charge in [0.1, 0.15) is 0 Å². The van der Waals surface area contributed by atoms with Crippen molar-refractivity contribution in [3.8, 4) is 5.75 Å². The van der Waals surface area contributed by atoms with Crippen LogP contribution in [0.5, 0.6) is 5.75 Å². The first-order valence-electron chi connectivity index (χ1n) is 7.31. The molecule has 0 radical (unpaired) electrons. The van der Waals surface area contributed by atoms with E-state index >= 15 is 0 Å². The van der Waals surface area contributed by atoms with Crippen LogP contribution in [-0.2, 0) is 11.0 Å². The van der Waals surface area contributed by atoms with Crippen molar-refractivity contribution in [3.63, 3.8) is 0 Å². The van der Waals surface area contributed by atoms with Crippen LogP contribution >= 0.6 is 11.6 Å². The number of halogens is 5. The Morgan fingerprint density at radius 2 is 1.92 bits per heavy atom. The van der Waals surface area contributed by atoms with Gasteiger partial charge in [0, 0.05) is 5.69 Å². The van der Waals surface area contributed by atoms with Crippen LogP contribution in [0.2, 0.25) is 5.02 Å². The third kappa shape index (κ3) is 4.85. The van der Waals surface area contributed by atoms with Gasteiger partial charge in [0.05, 0.1) is 10.6 Å². The summed E-state index contributed by atoms with van der Waals surface area (Å²) in [4.78, 5) is 12.2. The molecule has 0 spiro atoms. The number of benzene rings is 2. The minimum absolute atomic E-state index is 0.0858. The van der Waals surface area contributed by atoms with E-state index in [4.69, 9.17) is 16.3 Å². The molecule has 2 aromatic rings. The summed E-state index contributed by atoms with van der Waals surface area (Å²) in [5.41, 5.74) is -1.15. The third-order valence-electron chi connectivity index (χ3n) is 3.31. The zero-order valence-electron chi connectivity index (χ0n) is 13.0. The fourth-order valence-corrected chi connectivity index (χ4v) is 2.28. The lowest BCUT2D eigenvalue weighted by Crippen LogP contribution is -2.32. The standard InChI is InChI=1S/C17H14ClF4NO2/c1-2-14(25-15-6-4-3-5-13(15)19)16(24)23-10-7-8-12(18)11(9-10)17(20,21)22/h3-9,14H,2H2,1H3,(H,23,24)/t14-/m1/s1. The molecule has 1 amide bonds. The number of anilines is 1. The smallest absolute Gasteiger partial charge is 0.417 e. The Balaban J connectivity index is 2.16. The van der Waals surface area contributed by atoms with Crippen LogP contribution in [0, 0.1) is 5.82 Å². The molecule has 0 aliphatic heterocycles. The molecule has 1 N–H and O–H groups in total. The first kappa shape index (κ1) is 19.1. The van der Waals surface area contributed by atoms with Crippen molar-refractivity contribution in [1.82, 2.24) is 0 Å². The zero-order chi connectivity index (χ0) is 18.6. The van der Waals surface area contributed by atoms with Crippen molar-refractivity contribution in [3.05, 3.63) is 58.9 Å². The monoisotopic (exact) mass is 375 g/mol. The van der Waals surface area contributed by atoms with Crippen molar-refractivity contribution in [2.75, 3.05) is 5.32 Å². The molecule has 0 saturated heterocycles. The van der Waals surface area contributed by atoms with E-state index in [1.807, 2.05) is 0 Å². The van der Waals surface area contributed by atoms with E-state index in [1.165, 1.54) is 30.3 Å². The SMILES string of the molecule is CC[C@@H](Oc1ccccc1F)C(=O)Nc1ccc(Cl)c(C(F)(F)F)c1. The Bertz CT molecular complexity index is 765. The molecular weight excluding hydrogens is 362 g/mol. The predicted molar refractivity (Wildman–Crippen MR) is 86.2 cm³/mol. The van der Waals surface area contributed by atoms with Crippen LogP contribution < -0.4 is 10.1 Å². The Labute approximate surface area is 146 Å². The maximum absolute atomic E-state index is 13.6. The highest BCUT2D eigenvalue weighted by atomic mass is 35.5. The summed E-state index contributed by atoms with van der Waals surface area (Å²) in [6.07, 6.45) is -5.52.